The highest BCUT2D eigenvalue weighted by molar-refractivity contribution is 8.76. The molecule has 3 atom stereocenters. The van der Waals surface area contributed by atoms with Gasteiger partial charge in [-0.05, 0) is 12.8 Å². The molecule has 6 nitrogen and oxygen atoms in total. The molecule has 0 radical (unpaired) electrons. The van der Waals surface area contributed by atoms with Gasteiger partial charge in [-0.15, -0.1) is 0 Å². The molecule has 0 aromatic carbocycles. The standard InChI is InChI=1S/C17H29N3O3S3/c1-2-12(21)7-9-25-26-10-8-18-15(22)6-4-3-5-14-16-13(11-24-14)19-17(23)20-16/h13-14,16H,2-11H2,1H3,(H,18,22)(H2,19,20,23). The van der Waals surface area contributed by atoms with Crippen molar-refractivity contribution in [2.75, 3.05) is 23.8 Å². The van der Waals surface area contributed by atoms with Gasteiger partial charge in [0.2, 0.25) is 5.91 Å². The van der Waals surface area contributed by atoms with E-state index in [-0.39, 0.29) is 24.0 Å². The molecular weight excluding hydrogens is 390 g/mol. The molecule has 2 aliphatic rings. The lowest BCUT2D eigenvalue weighted by atomic mass is 10.0. The van der Waals surface area contributed by atoms with Crippen molar-refractivity contribution in [2.24, 2.45) is 0 Å². The van der Waals surface area contributed by atoms with Crippen LogP contribution >= 0.6 is 33.3 Å². The highest BCUT2D eigenvalue weighted by atomic mass is 33.1. The molecule has 148 valence electrons. The van der Waals surface area contributed by atoms with Gasteiger partial charge in [-0.2, -0.15) is 11.8 Å². The molecule has 3 unspecified atom stereocenters. The summed E-state index contributed by atoms with van der Waals surface area (Å²) in [5.74, 6) is 3.12. The third-order valence-corrected chi connectivity index (χ3v) is 8.45. The Balaban J connectivity index is 1.41. The van der Waals surface area contributed by atoms with Gasteiger partial charge in [0, 0.05) is 48.3 Å². The minimum absolute atomic E-state index is 0.0438. The van der Waals surface area contributed by atoms with Crippen LogP contribution in [-0.2, 0) is 9.59 Å². The maximum absolute atomic E-state index is 11.8. The molecule has 0 aliphatic carbocycles. The summed E-state index contributed by atoms with van der Waals surface area (Å²) >= 11 is 1.92. The number of unbranched alkanes of at least 4 members (excludes halogenated alkanes) is 1. The molecule has 2 aliphatic heterocycles. The predicted molar refractivity (Wildman–Crippen MR) is 112 cm³/mol. The number of carbonyl (C=O) groups excluding carboxylic acids is 3. The summed E-state index contributed by atoms with van der Waals surface area (Å²) in [5.41, 5.74) is 0. The van der Waals surface area contributed by atoms with E-state index in [4.69, 9.17) is 0 Å². The van der Waals surface area contributed by atoms with E-state index in [2.05, 4.69) is 16.0 Å². The van der Waals surface area contributed by atoms with Crippen LogP contribution < -0.4 is 16.0 Å². The van der Waals surface area contributed by atoms with Gasteiger partial charge in [0.05, 0.1) is 12.1 Å². The van der Waals surface area contributed by atoms with Crippen LogP contribution in [0.5, 0.6) is 0 Å². The number of fused-ring (bicyclic) bond motifs is 1. The SMILES string of the molecule is CCC(=O)CCSSCCNC(=O)CCCCC1SCC2NC(=O)NC21. The minimum atomic E-state index is -0.0438. The third-order valence-electron chi connectivity index (χ3n) is 4.53. The molecule has 3 amide bonds. The van der Waals surface area contributed by atoms with Crippen LogP contribution in [0, 0.1) is 0 Å². The van der Waals surface area contributed by atoms with Gasteiger partial charge in [-0.1, -0.05) is 34.9 Å². The molecule has 0 bridgehead atoms. The zero-order valence-corrected chi connectivity index (χ0v) is 17.7. The van der Waals surface area contributed by atoms with Crippen LogP contribution in [0.3, 0.4) is 0 Å². The number of nitrogens with one attached hydrogen (secondary N) is 3. The third kappa shape index (κ3) is 7.60. The van der Waals surface area contributed by atoms with Gasteiger partial charge < -0.3 is 16.0 Å². The Morgan fingerprint density at radius 1 is 1.19 bits per heavy atom. The number of hydrogen-bond donors (Lipinski definition) is 3. The lowest BCUT2D eigenvalue weighted by Crippen LogP contribution is -2.36. The fourth-order valence-electron chi connectivity index (χ4n) is 3.04. The number of urea groups is 1. The Morgan fingerprint density at radius 3 is 2.81 bits per heavy atom. The number of amides is 3. The van der Waals surface area contributed by atoms with Gasteiger partial charge in [-0.25, -0.2) is 4.79 Å². The average molecular weight is 420 g/mol. The molecule has 2 fully saturated rings. The first-order chi connectivity index (χ1) is 12.6. The smallest absolute Gasteiger partial charge is 0.315 e. The number of Topliss-reactive ketones (excluding diaryl/α,β-unsaturated/α-hetero) is 1. The monoisotopic (exact) mass is 419 g/mol. The molecule has 0 saturated carbocycles. The van der Waals surface area contributed by atoms with Crippen molar-refractivity contribution in [3.05, 3.63) is 0 Å². The Labute approximate surface area is 167 Å². The van der Waals surface area contributed by atoms with Crippen molar-refractivity contribution < 1.29 is 14.4 Å². The second-order valence-electron chi connectivity index (χ2n) is 6.50. The molecule has 2 heterocycles. The molecule has 0 aromatic rings. The zero-order valence-electron chi connectivity index (χ0n) is 15.3. The Hall–Kier alpha value is -0.540. The predicted octanol–water partition coefficient (Wildman–Crippen LogP) is 2.58. The summed E-state index contributed by atoms with van der Waals surface area (Å²) in [7, 11) is 3.41. The second-order valence-corrected chi connectivity index (χ2v) is 10.5. The van der Waals surface area contributed by atoms with Crippen molar-refractivity contribution in [1.82, 2.24) is 16.0 Å². The van der Waals surface area contributed by atoms with Crippen LogP contribution in [0.4, 0.5) is 4.79 Å². The summed E-state index contributed by atoms with van der Waals surface area (Å²) in [6.45, 7) is 2.57. The molecule has 2 saturated heterocycles. The van der Waals surface area contributed by atoms with E-state index in [0.29, 0.717) is 36.8 Å². The lowest BCUT2D eigenvalue weighted by Gasteiger charge is -2.16. The van der Waals surface area contributed by atoms with Gasteiger partial charge in [0.15, 0.2) is 0 Å². The van der Waals surface area contributed by atoms with Crippen LogP contribution in [0.2, 0.25) is 0 Å². The molecule has 0 aromatic heterocycles. The van der Waals surface area contributed by atoms with E-state index in [0.717, 1.165) is 36.5 Å². The maximum Gasteiger partial charge on any atom is 0.315 e. The first-order valence-corrected chi connectivity index (χ1v) is 12.8. The summed E-state index contributed by atoms with van der Waals surface area (Å²) in [6.07, 6.45) is 4.78. The number of thioether (sulfide) groups is 1. The Kier molecular flexibility index (Phi) is 10.1. The molecule has 0 spiro atoms. The van der Waals surface area contributed by atoms with Crippen LogP contribution in [0.1, 0.15) is 45.4 Å². The van der Waals surface area contributed by atoms with E-state index >= 15 is 0 Å². The van der Waals surface area contributed by atoms with Crippen molar-refractivity contribution in [3.8, 4) is 0 Å². The topological polar surface area (TPSA) is 87.3 Å². The van der Waals surface area contributed by atoms with Crippen molar-refractivity contribution in [3.63, 3.8) is 0 Å². The normalized spacial score (nSPS) is 24.0. The van der Waals surface area contributed by atoms with E-state index in [9.17, 15) is 14.4 Å². The highest BCUT2D eigenvalue weighted by Crippen LogP contribution is 2.33. The van der Waals surface area contributed by atoms with Crippen molar-refractivity contribution in [2.45, 2.75) is 62.8 Å². The molecular formula is C17H29N3O3S3. The second kappa shape index (κ2) is 12.0. The maximum atomic E-state index is 11.8. The lowest BCUT2D eigenvalue weighted by molar-refractivity contribution is -0.121. The van der Waals surface area contributed by atoms with Crippen molar-refractivity contribution in [1.29, 1.82) is 0 Å². The van der Waals surface area contributed by atoms with E-state index in [1.165, 1.54) is 0 Å². The first kappa shape index (κ1) is 21.8. The van der Waals surface area contributed by atoms with E-state index in [1.54, 1.807) is 21.6 Å². The fourth-order valence-corrected chi connectivity index (χ4v) is 6.53. The summed E-state index contributed by atoms with van der Waals surface area (Å²) in [4.78, 5) is 34.3. The fraction of sp³-hybridized carbons (Fsp3) is 0.824. The van der Waals surface area contributed by atoms with Gasteiger partial charge >= 0.3 is 6.03 Å². The van der Waals surface area contributed by atoms with Crippen LogP contribution in [-0.4, -0.2) is 58.9 Å². The van der Waals surface area contributed by atoms with E-state index in [1.807, 2.05) is 18.7 Å². The first-order valence-electron chi connectivity index (χ1n) is 9.31. The van der Waals surface area contributed by atoms with Gasteiger partial charge in [-0.3, -0.25) is 9.59 Å². The average Bonchev–Trinajstić information content (AvgIpc) is 3.17. The minimum Gasteiger partial charge on any atom is -0.355 e. The Bertz CT molecular complexity index is 493. The quantitative estimate of drug-likeness (QED) is 0.242. The largest absolute Gasteiger partial charge is 0.355 e. The number of rotatable bonds is 13. The molecule has 9 heteroatoms. The molecule has 2 rings (SSSR count). The van der Waals surface area contributed by atoms with Gasteiger partial charge in [0.25, 0.3) is 0 Å². The van der Waals surface area contributed by atoms with Crippen molar-refractivity contribution >= 4 is 51.1 Å². The number of carbonyl (C=O) groups is 3. The number of ketones is 1. The Morgan fingerprint density at radius 2 is 2.00 bits per heavy atom. The summed E-state index contributed by atoms with van der Waals surface area (Å²) in [6, 6.07) is 0.484. The summed E-state index contributed by atoms with van der Waals surface area (Å²) in [5, 5.41) is 9.37. The van der Waals surface area contributed by atoms with Gasteiger partial charge in [0.1, 0.15) is 5.78 Å². The highest BCUT2D eigenvalue weighted by Gasteiger charge is 2.42. The zero-order chi connectivity index (χ0) is 18.8. The van der Waals surface area contributed by atoms with Crippen LogP contribution in [0.25, 0.3) is 0 Å². The van der Waals surface area contributed by atoms with Crippen LogP contribution in [0.15, 0.2) is 0 Å². The molecule has 3 N–H and O–H groups in total. The summed E-state index contributed by atoms with van der Waals surface area (Å²) < 4.78 is 0. The molecule has 26 heavy (non-hydrogen) atoms. The van der Waals surface area contributed by atoms with E-state index < -0.39 is 0 Å². The number of hydrogen-bond acceptors (Lipinski definition) is 6.